The molecule has 2 aromatic carbocycles. The highest BCUT2D eigenvalue weighted by Gasteiger charge is 2.24. The average Bonchev–Trinajstić information content (AvgIpc) is 3.17. The van der Waals surface area contributed by atoms with Crippen LogP contribution in [0, 0.1) is 0 Å². The fourth-order valence-electron chi connectivity index (χ4n) is 3.69. The molecule has 0 radical (unpaired) electrons. The summed E-state index contributed by atoms with van der Waals surface area (Å²) in [4.78, 5) is 42.8. The summed E-state index contributed by atoms with van der Waals surface area (Å²) in [5.41, 5.74) is 2.39. The molecule has 1 aliphatic heterocycles. The Morgan fingerprint density at radius 3 is 2.38 bits per heavy atom. The Hall–Kier alpha value is -3.45. The molecule has 4 rings (SSSR count). The fraction of sp³-hybridized carbons (Fsp3) is 0.227. The molecule has 2 heterocycles. The van der Waals surface area contributed by atoms with Gasteiger partial charge in [0.2, 0.25) is 0 Å². The maximum absolute atomic E-state index is 12.9. The molecule has 2 N–H and O–H groups in total. The third kappa shape index (κ3) is 3.90. The number of benzene rings is 2. The van der Waals surface area contributed by atoms with Crippen molar-refractivity contribution in [2.75, 3.05) is 26.2 Å². The molecule has 7 nitrogen and oxygen atoms in total. The van der Waals surface area contributed by atoms with Crippen LogP contribution in [0.3, 0.4) is 0 Å². The molecular weight excluding hydrogens is 370 g/mol. The van der Waals surface area contributed by atoms with Gasteiger partial charge < -0.3 is 15.0 Å². The predicted molar refractivity (Wildman–Crippen MR) is 108 cm³/mol. The van der Waals surface area contributed by atoms with Crippen molar-refractivity contribution in [2.45, 2.75) is 6.54 Å². The summed E-state index contributed by atoms with van der Waals surface area (Å²) in [5, 5.41) is 9.43. The van der Waals surface area contributed by atoms with E-state index in [4.69, 9.17) is 5.11 Å². The maximum atomic E-state index is 12.9. The van der Waals surface area contributed by atoms with Crippen molar-refractivity contribution in [1.82, 2.24) is 14.8 Å². The first kappa shape index (κ1) is 18.9. The smallest absolute Gasteiger partial charge is 0.377 e. The number of piperazine rings is 1. The van der Waals surface area contributed by atoms with Crippen molar-refractivity contribution in [2.24, 2.45) is 0 Å². The first-order valence-electron chi connectivity index (χ1n) is 9.47. The first-order valence-corrected chi connectivity index (χ1v) is 9.47. The molecule has 148 valence electrons. The minimum atomic E-state index is -1.52. The lowest BCUT2D eigenvalue weighted by molar-refractivity contribution is -0.131. The van der Waals surface area contributed by atoms with E-state index in [0.29, 0.717) is 29.6 Å². The number of fused-ring (bicyclic) bond motifs is 1. The molecular formula is C22H21N3O4. The highest BCUT2D eigenvalue weighted by molar-refractivity contribution is 6.42. The summed E-state index contributed by atoms with van der Waals surface area (Å²) < 4.78 is 0. The molecule has 1 fully saturated rings. The van der Waals surface area contributed by atoms with Crippen LogP contribution in [-0.2, 0) is 11.3 Å². The number of hydrogen-bond donors (Lipinski definition) is 2. The van der Waals surface area contributed by atoms with E-state index in [1.165, 1.54) is 11.8 Å². The van der Waals surface area contributed by atoms with Crippen molar-refractivity contribution in [3.63, 3.8) is 0 Å². The van der Waals surface area contributed by atoms with E-state index in [9.17, 15) is 14.4 Å². The Balaban J connectivity index is 1.46. The van der Waals surface area contributed by atoms with Crippen LogP contribution in [0.4, 0.5) is 0 Å². The predicted octanol–water partition coefficient (Wildman–Crippen LogP) is 2.39. The molecule has 1 aromatic heterocycles. The molecule has 0 spiro atoms. The van der Waals surface area contributed by atoms with E-state index in [1.54, 1.807) is 23.1 Å². The number of carbonyl (C=O) groups is 3. The van der Waals surface area contributed by atoms with Gasteiger partial charge in [-0.1, -0.05) is 30.3 Å². The summed E-state index contributed by atoms with van der Waals surface area (Å²) in [6.07, 6.45) is 1.37. The van der Waals surface area contributed by atoms with Crippen LogP contribution in [0.5, 0.6) is 0 Å². The van der Waals surface area contributed by atoms with Gasteiger partial charge in [0.05, 0.1) is 5.56 Å². The first-order chi connectivity index (χ1) is 14.0. The SMILES string of the molecule is O=C(O)C(=O)c1c[nH]c2ccc(C(=O)N3CCN(Cc4ccccc4)CC3)cc12. The number of aliphatic carboxylic acids is 1. The van der Waals surface area contributed by atoms with Crippen LogP contribution >= 0.6 is 0 Å². The number of aromatic nitrogens is 1. The molecule has 0 saturated carbocycles. The molecule has 1 amide bonds. The topological polar surface area (TPSA) is 93.7 Å². The lowest BCUT2D eigenvalue weighted by Crippen LogP contribution is -2.48. The molecule has 1 saturated heterocycles. The maximum Gasteiger partial charge on any atom is 0.377 e. The zero-order valence-electron chi connectivity index (χ0n) is 15.8. The van der Waals surface area contributed by atoms with E-state index >= 15 is 0 Å². The van der Waals surface area contributed by atoms with Gasteiger partial charge >= 0.3 is 5.97 Å². The van der Waals surface area contributed by atoms with E-state index in [-0.39, 0.29) is 11.5 Å². The van der Waals surface area contributed by atoms with Gasteiger partial charge in [-0.15, -0.1) is 0 Å². The number of amides is 1. The normalized spacial score (nSPS) is 14.8. The zero-order valence-corrected chi connectivity index (χ0v) is 15.8. The van der Waals surface area contributed by atoms with Crippen LogP contribution in [0.1, 0.15) is 26.3 Å². The number of nitrogens with one attached hydrogen (secondary N) is 1. The van der Waals surface area contributed by atoms with Gasteiger partial charge in [-0.05, 0) is 23.8 Å². The summed E-state index contributed by atoms with van der Waals surface area (Å²) in [5.74, 6) is -2.62. The molecule has 0 bridgehead atoms. The number of hydrogen-bond acceptors (Lipinski definition) is 4. The van der Waals surface area contributed by atoms with Crippen LogP contribution in [0.25, 0.3) is 10.9 Å². The number of carboxylic acid groups (broad SMARTS) is 1. The number of carbonyl (C=O) groups excluding carboxylic acids is 2. The largest absolute Gasteiger partial charge is 0.475 e. The van der Waals surface area contributed by atoms with Gasteiger partial charge in [0.15, 0.2) is 0 Å². The van der Waals surface area contributed by atoms with E-state index < -0.39 is 11.8 Å². The Bertz CT molecular complexity index is 1070. The molecule has 7 heteroatoms. The number of nitrogens with zero attached hydrogens (tertiary/aromatic N) is 2. The van der Waals surface area contributed by atoms with E-state index in [0.717, 1.165) is 19.6 Å². The van der Waals surface area contributed by atoms with Crippen molar-refractivity contribution in [3.8, 4) is 0 Å². The molecule has 3 aromatic rings. The lowest BCUT2D eigenvalue weighted by Gasteiger charge is -2.34. The second-order valence-corrected chi connectivity index (χ2v) is 7.15. The van der Waals surface area contributed by atoms with Crippen molar-refractivity contribution < 1.29 is 19.5 Å². The fourth-order valence-corrected chi connectivity index (χ4v) is 3.69. The second kappa shape index (κ2) is 7.89. The second-order valence-electron chi connectivity index (χ2n) is 7.15. The molecule has 0 unspecified atom stereocenters. The highest BCUT2D eigenvalue weighted by Crippen LogP contribution is 2.22. The molecule has 0 aliphatic carbocycles. The number of aromatic amines is 1. The van der Waals surface area contributed by atoms with Crippen LogP contribution in [0.15, 0.2) is 54.7 Å². The van der Waals surface area contributed by atoms with E-state index in [1.807, 2.05) is 18.2 Å². The van der Waals surface area contributed by atoms with Gasteiger partial charge in [0.25, 0.3) is 11.7 Å². The Morgan fingerprint density at radius 1 is 0.966 bits per heavy atom. The van der Waals surface area contributed by atoms with Crippen LogP contribution < -0.4 is 0 Å². The molecule has 0 atom stereocenters. The highest BCUT2D eigenvalue weighted by atomic mass is 16.4. The van der Waals surface area contributed by atoms with Crippen LogP contribution in [-0.4, -0.2) is 63.7 Å². The minimum Gasteiger partial charge on any atom is -0.475 e. The number of ketones is 1. The number of H-pyrrole nitrogens is 1. The van der Waals surface area contributed by atoms with Gasteiger partial charge in [-0.2, -0.15) is 0 Å². The third-order valence-electron chi connectivity index (χ3n) is 5.28. The van der Waals surface area contributed by atoms with E-state index in [2.05, 4.69) is 22.0 Å². The third-order valence-corrected chi connectivity index (χ3v) is 5.28. The Morgan fingerprint density at radius 2 is 1.69 bits per heavy atom. The van der Waals surface area contributed by atoms with Gasteiger partial charge in [0, 0.05) is 55.4 Å². The number of Topliss-reactive ketones (excluding diaryl/α,β-unsaturated/α-hetero) is 1. The number of carboxylic acids is 1. The van der Waals surface area contributed by atoms with Crippen molar-refractivity contribution in [3.05, 3.63) is 71.4 Å². The summed E-state index contributed by atoms with van der Waals surface area (Å²) >= 11 is 0. The minimum absolute atomic E-state index is 0.0647. The Kier molecular flexibility index (Phi) is 5.14. The molecule has 29 heavy (non-hydrogen) atoms. The summed E-state index contributed by atoms with van der Waals surface area (Å²) in [6, 6.07) is 15.2. The van der Waals surface area contributed by atoms with Gasteiger partial charge in [0.1, 0.15) is 0 Å². The quantitative estimate of drug-likeness (QED) is 0.515. The van der Waals surface area contributed by atoms with Crippen LogP contribution in [0.2, 0.25) is 0 Å². The summed E-state index contributed by atoms with van der Waals surface area (Å²) in [7, 11) is 0. The summed E-state index contributed by atoms with van der Waals surface area (Å²) in [6.45, 7) is 3.68. The van der Waals surface area contributed by atoms with Gasteiger partial charge in [-0.25, -0.2) is 4.79 Å². The van der Waals surface area contributed by atoms with Gasteiger partial charge in [-0.3, -0.25) is 14.5 Å². The van der Waals surface area contributed by atoms with Crippen molar-refractivity contribution in [1.29, 1.82) is 0 Å². The molecule has 1 aliphatic rings. The van der Waals surface area contributed by atoms with Crippen molar-refractivity contribution >= 4 is 28.6 Å². The Labute approximate surface area is 167 Å². The zero-order chi connectivity index (χ0) is 20.4. The monoisotopic (exact) mass is 391 g/mol. The standard InChI is InChI=1S/C22H21N3O4/c26-20(22(28)29)18-13-23-19-7-6-16(12-17(18)19)21(27)25-10-8-24(9-11-25)14-15-4-2-1-3-5-15/h1-7,12-13,23H,8-11,14H2,(H,28,29). The average molecular weight is 391 g/mol. The number of rotatable bonds is 5. The lowest BCUT2D eigenvalue weighted by atomic mass is 10.1.